The fourth-order valence-electron chi connectivity index (χ4n) is 2.44. The van der Waals surface area contributed by atoms with Crippen molar-refractivity contribution in [1.82, 2.24) is 20.2 Å². The number of halogens is 1. The van der Waals surface area contributed by atoms with Crippen LogP contribution in [-0.4, -0.2) is 46.4 Å². The van der Waals surface area contributed by atoms with Gasteiger partial charge in [0.2, 0.25) is 11.0 Å². The van der Waals surface area contributed by atoms with Crippen LogP contribution in [0.4, 0.5) is 5.13 Å². The number of carbonyl (C=O) groups is 1. The molecule has 9 nitrogen and oxygen atoms in total. The second-order valence-electron chi connectivity index (χ2n) is 5.97. The summed E-state index contributed by atoms with van der Waals surface area (Å²) in [5, 5.41) is 11.3. The van der Waals surface area contributed by atoms with Crippen LogP contribution in [-0.2, 0) is 0 Å². The third-order valence-electron chi connectivity index (χ3n) is 3.63. The molecule has 1 N–H and O–H groups in total. The molecule has 0 spiro atoms. The fraction of sp³-hybridized carbons (Fsp3) is 0.278. The molecule has 0 atom stereocenters. The molecular weight excluding hydrogens is 418 g/mol. The van der Waals surface area contributed by atoms with E-state index in [1.807, 2.05) is 13.8 Å². The maximum absolute atomic E-state index is 13.0. The first kappa shape index (κ1) is 20.7. The summed E-state index contributed by atoms with van der Waals surface area (Å²) in [5.74, 6) is 0.327. The van der Waals surface area contributed by atoms with Crippen LogP contribution in [0.1, 0.15) is 24.2 Å². The van der Waals surface area contributed by atoms with Gasteiger partial charge < -0.3 is 14.2 Å². The van der Waals surface area contributed by atoms with Gasteiger partial charge in [-0.25, -0.2) is 9.97 Å². The average molecular weight is 436 g/mol. The lowest BCUT2D eigenvalue weighted by Crippen LogP contribution is -2.15. The Morgan fingerprint density at radius 2 is 1.90 bits per heavy atom. The topological polar surface area (TPSA) is 108 Å². The van der Waals surface area contributed by atoms with E-state index in [4.69, 9.17) is 25.8 Å². The van der Waals surface area contributed by atoms with E-state index in [1.54, 1.807) is 12.1 Å². The number of nitrogens with one attached hydrogen (secondary N) is 1. The minimum atomic E-state index is -0.426. The van der Waals surface area contributed by atoms with Crippen molar-refractivity contribution in [3.05, 3.63) is 35.2 Å². The number of aromatic nitrogens is 4. The molecule has 0 fully saturated rings. The lowest BCUT2D eigenvalue weighted by molar-refractivity contribution is 0.102. The highest BCUT2D eigenvalue weighted by Gasteiger charge is 2.20. The van der Waals surface area contributed by atoms with Crippen LogP contribution in [0.3, 0.4) is 0 Å². The summed E-state index contributed by atoms with van der Waals surface area (Å²) in [6.07, 6.45) is 2.90. The molecule has 0 radical (unpaired) electrons. The molecule has 0 saturated carbocycles. The Bertz CT molecular complexity index is 1030. The molecule has 152 valence electrons. The van der Waals surface area contributed by atoms with E-state index in [0.29, 0.717) is 38.6 Å². The van der Waals surface area contributed by atoms with Gasteiger partial charge in [0.1, 0.15) is 10.9 Å². The van der Waals surface area contributed by atoms with E-state index >= 15 is 0 Å². The van der Waals surface area contributed by atoms with E-state index < -0.39 is 5.91 Å². The number of hydrogen-bond donors (Lipinski definition) is 1. The van der Waals surface area contributed by atoms with E-state index in [2.05, 4.69) is 25.5 Å². The van der Waals surface area contributed by atoms with Crippen molar-refractivity contribution in [2.75, 3.05) is 19.5 Å². The number of nitrogens with zero attached hydrogens (tertiary/aromatic N) is 4. The summed E-state index contributed by atoms with van der Waals surface area (Å²) in [7, 11) is 2.98. The summed E-state index contributed by atoms with van der Waals surface area (Å²) in [4.78, 5) is 21.4. The number of hydrogen-bond acceptors (Lipinski definition) is 9. The Kier molecular flexibility index (Phi) is 6.45. The molecule has 3 heterocycles. The molecule has 0 aliphatic rings. The van der Waals surface area contributed by atoms with Crippen molar-refractivity contribution >= 4 is 34.0 Å². The van der Waals surface area contributed by atoms with Crippen molar-refractivity contribution in [2.45, 2.75) is 20.0 Å². The second-order valence-corrected chi connectivity index (χ2v) is 7.30. The van der Waals surface area contributed by atoms with Crippen molar-refractivity contribution in [1.29, 1.82) is 0 Å². The molecule has 0 aliphatic heterocycles. The molecule has 0 bridgehead atoms. The van der Waals surface area contributed by atoms with Gasteiger partial charge in [-0.2, -0.15) is 0 Å². The van der Waals surface area contributed by atoms with Gasteiger partial charge in [0.05, 0.1) is 32.1 Å². The predicted molar refractivity (Wildman–Crippen MR) is 109 cm³/mol. The predicted octanol–water partition coefficient (Wildman–Crippen LogP) is 3.71. The quantitative estimate of drug-likeness (QED) is 0.559. The molecule has 1 amide bonds. The van der Waals surface area contributed by atoms with Crippen molar-refractivity contribution in [3.63, 3.8) is 0 Å². The summed E-state index contributed by atoms with van der Waals surface area (Å²) in [6.45, 7) is 3.74. The summed E-state index contributed by atoms with van der Waals surface area (Å²) >= 11 is 7.16. The van der Waals surface area contributed by atoms with Crippen molar-refractivity contribution < 1.29 is 19.0 Å². The van der Waals surface area contributed by atoms with Gasteiger partial charge in [-0.15, -0.1) is 5.10 Å². The zero-order valence-corrected chi connectivity index (χ0v) is 17.7. The first-order valence-electron chi connectivity index (χ1n) is 8.46. The van der Waals surface area contributed by atoms with Gasteiger partial charge in [-0.1, -0.05) is 16.7 Å². The van der Waals surface area contributed by atoms with Crippen molar-refractivity contribution in [2.24, 2.45) is 0 Å². The normalized spacial score (nSPS) is 10.7. The lowest BCUT2D eigenvalue weighted by Gasteiger charge is -2.15. The molecule has 29 heavy (non-hydrogen) atoms. The minimum Gasteiger partial charge on any atom is -0.494 e. The van der Waals surface area contributed by atoms with E-state index in [0.717, 1.165) is 11.3 Å². The largest absolute Gasteiger partial charge is 0.494 e. The Labute approximate surface area is 176 Å². The standard InChI is InChI=1S/C18H18ClN5O4S/c1-9(2)28-15-6-11(16(25)22-17-23-24-18(27-4)29-17)12(7-21-15)10-5-14(19)20-8-13(10)26-3/h5-9H,1-4H3,(H,22,23,25). The third-order valence-corrected chi connectivity index (χ3v) is 4.63. The highest BCUT2D eigenvalue weighted by Crippen LogP contribution is 2.35. The summed E-state index contributed by atoms with van der Waals surface area (Å²) < 4.78 is 16.0. The van der Waals surface area contributed by atoms with E-state index in [-0.39, 0.29) is 11.3 Å². The second kappa shape index (κ2) is 9.01. The van der Waals surface area contributed by atoms with Crippen LogP contribution in [0, 0.1) is 0 Å². The molecule has 3 aromatic rings. The minimum absolute atomic E-state index is 0.110. The first-order chi connectivity index (χ1) is 13.9. The van der Waals surface area contributed by atoms with Gasteiger partial charge >= 0.3 is 0 Å². The van der Waals surface area contributed by atoms with E-state index in [1.165, 1.54) is 26.6 Å². The number of carbonyl (C=O) groups excluding carboxylic acids is 1. The van der Waals surface area contributed by atoms with Crippen LogP contribution in [0.25, 0.3) is 11.1 Å². The number of ether oxygens (including phenoxy) is 3. The fourth-order valence-corrected chi connectivity index (χ4v) is 3.16. The molecule has 3 rings (SSSR count). The number of pyridine rings is 2. The Morgan fingerprint density at radius 1 is 1.10 bits per heavy atom. The molecule has 0 saturated heterocycles. The monoisotopic (exact) mass is 435 g/mol. The molecular formula is C18H18ClN5O4S. The van der Waals surface area contributed by atoms with Crippen LogP contribution in [0.5, 0.6) is 16.8 Å². The number of rotatable bonds is 7. The van der Waals surface area contributed by atoms with Gasteiger partial charge in [-0.3, -0.25) is 10.1 Å². The SMILES string of the molecule is COc1nnc(NC(=O)c2cc(OC(C)C)ncc2-c2cc(Cl)ncc2OC)s1. The number of amides is 1. The van der Waals surface area contributed by atoms with Crippen LogP contribution >= 0.6 is 22.9 Å². The molecule has 0 aromatic carbocycles. The number of anilines is 1. The van der Waals surface area contributed by atoms with Gasteiger partial charge in [0.15, 0.2) is 0 Å². The van der Waals surface area contributed by atoms with Gasteiger partial charge in [0, 0.05) is 23.4 Å². The highest BCUT2D eigenvalue weighted by molar-refractivity contribution is 7.17. The molecule has 0 aliphatic carbocycles. The van der Waals surface area contributed by atoms with Crippen LogP contribution < -0.4 is 19.5 Å². The maximum atomic E-state index is 13.0. The Balaban J connectivity index is 2.06. The third kappa shape index (κ3) is 4.90. The highest BCUT2D eigenvalue weighted by atomic mass is 35.5. The van der Waals surface area contributed by atoms with Gasteiger partial charge in [0.25, 0.3) is 11.1 Å². The Morgan fingerprint density at radius 3 is 2.55 bits per heavy atom. The van der Waals surface area contributed by atoms with Crippen LogP contribution in [0.15, 0.2) is 24.5 Å². The zero-order chi connectivity index (χ0) is 21.0. The van der Waals surface area contributed by atoms with Crippen molar-refractivity contribution in [3.8, 4) is 28.0 Å². The Hall–Kier alpha value is -2.98. The van der Waals surface area contributed by atoms with E-state index in [9.17, 15) is 4.79 Å². The molecule has 3 aromatic heterocycles. The van der Waals surface area contributed by atoms with Crippen LogP contribution in [0.2, 0.25) is 5.15 Å². The summed E-state index contributed by atoms with van der Waals surface area (Å²) in [5.41, 5.74) is 1.36. The zero-order valence-electron chi connectivity index (χ0n) is 16.1. The number of methoxy groups -OCH3 is 2. The summed E-state index contributed by atoms with van der Waals surface area (Å²) in [6, 6.07) is 3.15. The first-order valence-corrected chi connectivity index (χ1v) is 9.66. The lowest BCUT2D eigenvalue weighted by atomic mass is 10.0. The average Bonchev–Trinajstić information content (AvgIpc) is 3.15. The maximum Gasteiger partial charge on any atom is 0.295 e. The van der Waals surface area contributed by atoms with Gasteiger partial charge in [-0.05, 0) is 31.3 Å². The molecule has 11 heteroatoms. The smallest absolute Gasteiger partial charge is 0.295 e. The molecule has 0 unspecified atom stereocenters.